The fraction of sp³-hybridized carbons (Fsp3) is 0.556. The van der Waals surface area contributed by atoms with Gasteiger partial charge in [0.25, 0.3) is 11.6 Å². The van der Waals surface area contributed by atoms with Crippen molar-refractivity contribution in [2.45, 2.75) is 52.1 Å². The highest BCUT2D eigenvalue weighted by Gasteiger charge is 2.27. The Morgan fingerprint density at radius 1 is 1.32 bits per heavy atom. The van der Waals surface area contributed by atoms with Crippen LogP contribution in [0.15, 0.2) is 18.2 Å². The van der Waals surface area contributed by atoms with E-state index in [2.05, 4.69) is 5.32 Å². The molecular formula is C18H24N2O5. The molecule has 0 aromatic heterocycles. The van der Waals surface area contributed by atoms with Gasteiger partial charge in [0.1, 0.15) is 5.56 Å². The molecule has 0 unspecified atom stereocenters. The molecule has 0 heterocycles. The highest BCUT2D eigenvalue weighted by Crippen LogP contribution is 2.24. The topological polar surface area (TPSA) is 98.5 Å². The molecule has 1 atom stereocenters. The summed E-state index contributed by atoms with van der Waals surface area (Å²) in [6, 6.07) is 4.35. The molecule has 136 valence electrons. The lowest BCUT2D eigenvalue weighted by Crippen LogP contribution is -2.38. The van der Waals surface area contributed by atoms with E-state index in [1.165, 1.54) is 38.3 Å². The summed E-state index contributed by atoms with van der Waals surface area (Å²) >= 11 is 0. The molecule has 0 aliphatic heterocycles. The number of esters is 1. The van der Waals surface area contributed by atoms with E-state index >= 15 is 0 Å². The number of rotatable bonds is 6. The maximum Gasteiger partial charge on any atom is 0.346 e. The predicted octanol–water partition coefficient (Wildman–Crippen LogP) is 3.15. The number of nitro benzene ring substituents is 1. The number of carbonyl (C=O) groups is 2. The van der Waals surface area contributed by atoms with Gasteiger partial charge in [-0.1, -0.05) is 31.4 Å². The van der Waals surface area contributed by atoms with Crippen LogP contribution in [-0.2, 0) is 9.53 Å². The maximum absolute atomic E-state index is 12.3. The van der Waals surface area contributed by atoms with Crippen molar-refractivity contribution in [2.75, 3.05) is 6.54 Å². The van der Waals surface area contributed by atoms with Crippen LogP contribution in [0.1, 0.15) is 54.9 Å². The van der Waals surface area contributed by atoms with E-state index in [1.807, 2.05) is 0 Å². The Hall–Kier alpha value is -2.44. The smallest absolute Gasteiger partial charge is 0.346 e. The van der Waals surface area contributed by atoms with Crippen molar-refractivity contribution in [1.29, 1.82) is 0 Å². The van der Waals surface area contributed by atoms with Gasteiger partial charge in [-0.25, -0.2) is 4.79 Å². The summed E-state index contributed by atoms with van der Waals surface area (Å²) in [6.45, 7) is 3.64. The van der Waals surface area contributed by atoms with Crippen LogP contribution in [-0.4, -0.2) is 29.4 Å². The Labute approximate surface area is 146 Å². The Morgan fingerprint density at radius 3 is 2.64 bits per heavy atom. The van der Waals surface area contributed by atoms with Gasteiger partial charge in [0.15, 0.2) is 6.10 Å². The zero-order valence-electron chi connectivity index (χ0n) is 14.6. The van der Waals surface area contributed by atoms with Gasteiger partial charge < -0.3 is 10.1 Å². The third kappa shape index (κ3) is 5.01. The number of carbonyl (C=O) groups excluding carboxylic acids is 2. The lowest BCUT2D eigenvalue weighted by atomic mass is 9.89. The molecule has 1 aliphatic rings. The number of amides is 1. The zero-order valence-corrected chi connectivity index (χ0v) is 14.6. The van der Waals surface area contributed by atoms with Crippen molar-refractivity contribution in [3.63, 3.8) is 0 Å². The van der Waals surface area contributed by atoms with E-state index in [9.17, 15) is 19.7 Å². The van der Waals surface area contributed by atoms with Gasteiger partial charge in [-0.15, -0.1) is 0 Å². The lowest BCUT2D eigenvalue weighted by Gasteiger charge is -2.22. The maximum atomic E-state index is 12.3. The first-order valence-electron chi connectivity index (χ1n) is 8.63. The highest BCUT2D eigenvalue weighted by molar-refractivity contribution is 5.97. The van der Waals surface area contributed by atoms with Crippen LogP contribution in [0.3, 0.4) is 0 Å². The highest BCUT2D eigenvalue weighted by atomic mass is 16.6. The number of hydrogen-bond donors (Lipinski definition) is 1. The fourth-order valence-corrected chi connectivity index (χ4v) is 3.12. The third-order valence-corrected chi connectivity index (χ3v) is 4.59. The average Bonchev–Trinajstić information content (AvgIpc) is 2.59. The Kier molecular flexibility index (Phi) is 6.50. The number of aryl methyl sites for hydroxylation is 1. The second kappa shape index (κ2) is 8.60. The van der Waals surface area contributed by atoms with Crippen molar-refractivity contribution in [3.8, 4) is 0 Å². The number of benzene rings is 1. The normalized spacial score (nSPS) is 16.1. The van der Waals surface area contributed by atoms with Crippen molar-refractivity contribution in [3.05, 3.63) is 39.4 Å². The van der Waals surface area contributed by atoms with Gasteiger partial charge in [0.2, 0.25) is 0 Å². The van der Waals surface area contributed by atoms with Crippen molar-refractivity contribution >= 4 is 17.6 Å². The molecule has 1 aromatic rings. The van der Waals surface area contributed by atoms with Gasteiger partial charge >= 0.3 is 5.97 Å². The molecule has 1 N–H and O–H groups in total. The van der Waals surface area contributed by atoms with E-state index in [0.717, 1.165) is 12.8 Å². The van der Waals surface area contributed by atoms with Crippen LogP contribution in [0.5, 0.6) is 0 Å². The largest absolute Gasteiger partial charge is 0.449 e. The summed E-state index contributed by atoms with van der Waals surface area (Å²) in [7, 11) is 0. The SMILES string of the molecule is Cc1cccc([N+](=O)[O-])c1C(=O)O[C@H](C)C(=O)NCC1CCCCC1. The summed E-state index contributed by atoms with van der Waals surface area (Å²) < 4.78 is 5.15. The van der Waals surface area contributed by atoms with E-state index in [4.69, 9.17) is 4.74 Å². The second-order valence-electron chi connectivity index (χ2n) is 6.52. The first kappa shape index (κ1) is 18.9. The Morgan fingerprint density at radius 2 is 2.00 bits per heavy atom. The molecule has 0 radical (unpaired) electrons. The Balaban J connectivity index is 1.95. The standard InChI is InChI=1S/C18H24N2O5/c1-12-7-6-10-15(20(23)24)16(12)18(22)25-13(2)17(21)19-11-14-8-4-3-5-9-14/h6-7,10,13-14H,3-5,8-9,11H2,1-2H3,(H,19,21)/t13-/m1/s1. The van der Waals surface area contributed by atoms with Gasteiger partial charge in [-0.2, -0.15) is 0 Å². The van der Waals surface area contributed by atoms with Crippen LogP contribution >= 0.6 is 0 Å². The monoisotopic (exact) mass is 348 g/mol. The second-order valence-corrected chi connectivity index (χ2v) is 6.52. The summed E-state index contributed by atoms with van der Waals surface area (Å²) in [5.74, 6) is -0.765. The molecule has 0 bridgehead atoms. The average molecular weight is 348 g/mol. The number of ether oxygens (including phenoxy) is 1. The van der Waals surface area contributed by atoms with E-state index in [0.29, 0.717) is 18.0 Å². The molecule has 1 fully saturated rings. The molecule has 2 rings (SSSR count). The molecule has 25 heavy (non-hydrogen) atoms. The van der Waals surface area contributed by atoms with Crippen LogP contribution in [0.25, 0.3) is 0 Å². The molecule has 0 spiro atoms. The fourth-order valence-electron chi connectivity index (χ4n) is 3.12. The predicted molar refractivity (Wildman–Crippen MR) is 92.3 cm³/mol. The van der Waals surface area contributed by atoms with E-state index < -0.39 is 17.0 Å². The molecule has 7 heteroatoms. The molecule has 1 aliphatic carbocycles. The van der Waals surface area contributed by atoms with Crippen molar-refractivity contribution in [1.82, 2.24) is 5.32 Å². The van der Waals surface area contributed by atoms with Crippen molar-refractivity contribution in [2.24, 2.45) is 5.92 Å². The van der Waals surface area contributed by atoms with Crippen LogP contribution in [0.2, 0.25) is 0 Å². The lowest BCUT2D eigenvalue weighted by molar-refractivity contribution is -0.385. The summed E-state index contributed by atoms with van der Waals surface area (Å²) in [5.41, 5.74) is 0.00765. The molecule has 0 saturated heterocycles. The van der Waals surface area contributed by atoms with Crippen LogP contribution in [0, 0.1) is 23.0 Å². The number of nitro groups is 1. The van der Waals surface area contributed by atoms with Crippen LogP contribution in [0.4, 0.5) is 5.69 Å². The molecule has 1 aromatic carbocycles. The number of nitrogens with zero attached hydrogens (tertiary/aromatic N) is 1. The van der Waals surface area contributed by atoms with Gasteiger partial charge in [0.05, 0.1) is 4.92 Å². The quantitative estimate of drug-likeness (QED) is 0.484. The first-order chi connectivity index (χ1) is 11.9. The minimum Gasteiger partial charge on any atom is -0.449 e. The summed E-state index contributed by atoms with van der Waals surface area (Å²) in [6.07, 6.45) is 4.81. The third-order valence-electron chi connectivity index (χ3n) is 4.59. The zero-order chi connectivity index (χ0) is 18.4. The van der Waals surface area contributed by atoms with Gasteiger partial charge in [-0.05, 0) is 38.2 Å². The van der Waals surface area contributed by atoms with E-state index in [-0.39, 0.29) is 17.2 Å². The molecule has 7 nitrogen and oxygen atoms in total. The molecule has 1 amide bonds. The Bertz CT molecular complexity index is 653. The van der Waals surface area contributed by atoms with Crippen molar-refractivity contribution < 1.29 is 19.2 Å². The molecular weight excluding hydrogens is 324 g/mol. The minimum atomic E-state index is -1.00. The van der Waals surface area contributed by atoms with Gasteiger partial charge in [0, 0.05) is 12.6 Å². The first-order valence-corrected chi connectivity index (χ1v) is 8.63. The molecule has 1 saturated carbocycles. The number of nitrogens with one attached hydrogen (secondary N) is 1. The summed E-state index contributed by atoms with van der Waals surface area (Å²) in [5, 5.41) is 13.9. The summed E-state index contributed by atoms with van der Waals surface area (Å²) in [4.78, 5) is 34.9. The van der Waals surface area contributed by atoms with Gasteiger partial charge in [-0.3, -0.25) is 14.9 Å². The minimum absolute atomic E-state index is 0.112. The van der Waals surface area contributed by atoms with Crippen LogP contribution < -0.4 is 5.32 Å². The van der Waals surface area contributed by atoms with E-state index in [1.54, 1.807) is 13.0 Å². The number of hydrogen-bond acceptors (Lipinski definition) is 5.